The van der Waals surface area contributed by atoms with E-state index in [-0.39, 0.29) is 11.4 Å². The molecule has 0 unspecified atom stereocenters. The SMILES string of the molecule is O=S(=O)(NCc1ccc(-c2nccs2)cc1)c1ccc2ccccc2c1. The number of benzene rings is 3. The molecule has 130 valence electrons. The van der Waals surface area contributed by atoms with E-state index in [0.717, 1.165) is 26.9 Å². The maximum Gasteiger partial charge on any atom is 0.240 e. The van der Waals surface area contributed by atoms with Crippen molar-refractivity contribution in [3.63, 3.8) is 0 Å². The van der Waals surface area contributed by atoms with E-state index in [1.807, 2.05) is 60.0 Å². The van der Waals surface area contributed by atoms with Crippen LogP contribution in [0, 0.1) is 0 Å². The van der Waals surface area contributed by atoms with E-state index >= 15 is 0 Å². The Morgan fingerprint density at radius 3 is 2.42 bits per heavy atom. The molecule has 0 amide bonds. The average molecular weight is 380 g/mol. The standard InChI is InChI=1S/C20H16N2O2S2/c23-26(24,19-10-9-16-3-1-2-4-18(16)13-19)22-14-15-5-7-17(8-6-15)20-21-11-12-25-20/h1-13,22H,14H2. The van der Waals surface area contributed by atoms with Gasteiger partial charge in [-0.25, -0.2) is 18.1 Å². The summed E-state index contributed by atoms with van der Waals surface area (Å²) in [6, 6.07) is 20.6. The van der Waals surface area contributed by atoms with Gasteiger partial charge in [0.1, 0.15) is 5.01 Å². The monoisotopic (exact) mass is 380 g/mol. The number of sulfonamides is 1. The largest absolute Gasteiger partial charge is 0.245 e. The zero-order chi connectivity index (χ0) is 18.0. The summed E-state index contributed by atoms with van der Waals surface area (Å²) in [5.74, 6) is 0. The van der Waals surface area contributed by atoms with Crippen molar-refractivity contribution in [2.45, 2.75) is 11.4 Å². The number of nitrogens with one attached hydrogen (secondary N) is 1. The Bertz CT molecular complexity index is 1140. The molecule has 3 aromatic carbocycles. The third kappa shape index (κ3) is 3.53. The van der Waals surface area contributed by atoms with Crippen LogP contribution in [-0.4, -0.2) is 13.4 Å². The van der Waals surface area contributed by atoms with Gasteiger partial charge in [0.25, 0.3) is 0 Å². The first kappa shape index (κ1) is 16.9. The van der Waals surface area contributed by atoms with Crippen LogP contribution in [-0.2, 0) is 16.6 Å². The Kier molecular flexibility index (Phi) is 4.55. The van der Waals surface area contributed by atoms with Gasteiger partial charge in [-0.15, -0.1) is 11.3 Å². The Balaban J connectivity index is 1.50. The third-order valence-corrected chi connectivity index (χ3v) is 6.35. The Labute approximate surface area is 156 Å². The third-order valence-electron chi connectivity index (χ3n) is 4.13. The normalized spacial score (nSPS) is 11.7. The predicted octanol–water partition coefficient (Wildman–Crippen LogP) is 4.44. The topological polar surface area (TPSA) is 59.1 Å². The lowest BCUT2D eigenvalue weighted by molar-refractivity contribution is 0.581. The molecule has 0 bridgehead atoms. The number of hydrogen-bond donors (Lipinski definition) is 1. The summed E-state index contributed by atoms with van der Waals surface area (Å²) in [7, 11) is -3.56. The molecule has 1 aromatic heterocycles. The number of fused-ring (bicyclic) bond motifs is 1. The summed E-state index contributed by atoms with van der Waals surface area (Å²) in [6.45, 7) is 0.243. The zero-order valence-electron chi connectivity index (χ0n) is 13.8. The summed E-state index contributed by atoms with van der Waals surface area (Å²) in [4.78, 5) is 4.55. The van der Waals surface area contributed by atoms with Crippen LogP contribution in [0.4, 0.5) is 0 Å². The molecule has 0 aliphatic carbocycles. The van der Waals surface area contributed by atoms with Crippen LogP contribution in [0.25, 0.3) is 21.3 Å². The van der Waals surface area contributed by atoms with E-state index in [2.05, 4.69) is 9.71 Å². The van der Waals surface area contributed by atoms with Gasteiger partial charge >= 0.3 is 0 Å². The number of hydrogen-bond acceptors (Lipinski definition) is 4. The Hall–Kier alpha value is -2.54. The molecule has 0 saturated heterocycles. The molecule has 6 heteroatoms. The van der Waals surface area contributed by atoms with Crippen LogP contribution in [0.2, 0.25) is 0 Å². The van der Waals surface area contributed by atoms with Crippen molar-refractivity contribution in [3.8, 4) is 10.6 Å². The van der Waals surface area contributed by atoms with Crippen LogP contribution >= 0.6 is 11.3 Å². The maximum absolute atomic E-state index is 12.6. The Morgan fingerprint density at radius 2 is 1.69 bits per heavy atom. The molecule has 0 saturated carbocycles. The van der Waals surface area contributed by atoms with Crippen molar-refractivity contribution in [3.05, 3.63) is 83.9 Å². The van der Waals surface area contributed by atoms with E-state index in [9.17, 15) is 8.42 Å². The molecule has 0 spiro atoms. The highest BCUT2D eigenvalue weighted by molar-refractivity contribution is 7.89. The minimum atomic E-state index is -3.56. The first-order valence-electron chi connectivity index (χ1n) is 8.09. The molecule has 0 atom stereocenters. The zero-order valence-corrected chi connectivity index (χ0v) is 15.4. The van der Waals surface area contributed by atoms with Crippen molar-refractivity contribution in [2.24, 2.45) is 0 Å². The fourth-order valence-electron chi connectivity index (χ4n) is 2.73. The first-order valence-corrected chi connectivity index (χ1v) is 10.5. The van der Waals surface area contributed by atoms with Crippen LogP contribution < -0.4 is 4.72 Å². The summed E-state index contributed by atoms with van der Waals surface area (Å²) >= 11 is 1.58. The predicted molar refractivity (Wildman–Crippen MR) is 106 cm³/mol. The fraction of sp³-hybridized carbons (Fsp3) is 0.0500. The molecule has 26 heavy (non-hydrogen) atoms. The molecule has 0 aliphatic rings. The van der Waals surface area contributed by atoms with Gasteiger partial charge in [-0.3, -0.25) is 0 Å². The Morgan fingerprint density at radius 1 is 0.923 bits per heavy atom. The highest BCUT2D eigenvalue weighted by Crippen LogP contribution is 2.22. The van der Waals surface area contributed by atoms with E-state index < -0.39 is 10.0 Å². The second kappa shape index (κ2) is 6.99. The van der Waals surface area contributed by atoms with E-state index in [4.69, 9.17) is 0 Å². The molecule has 1 heterocycles. The van der Waals surface area contributed by atoms with E-state index in [1.54, 1.807) is 29.7 Å². The number of thiazole rings is 1. The highest BCUT2D eigenvalue weighted by atomic mass is 32.2. The molecule has 4 rings (SSSR count). The van der Waals surface area contributed by atoms with Crippen LogP contribution in [0.5, 0.6) is 0 Å². The van der Waals surface area contributed by atoms with Gasteiger partial charge in [0.05, 0.1) is 4.90 Å². The lowest BCUT2D eigenvalue weighted by Crippen LogP contribution is -2.23. The van der Waals surface area contributed by atoms with Crippen LogP contribution in [0.3, 0.4) is 0 Å². The van der Waals surface area contributed by atoms with Gasteiger partial charge < -0.3 is 0 Å². The van der Waals surface area contributed by atoms with Gasteiger partial charge in [-0.05, 0) is 28.5 Å². The van der Waals surface area contributed by atoms with Gasteiger partial charge in [0.2, 0.25) is 10.0 Å². The summed E-state index contributed by atoms with van der Waals surface area (Å²) in [5.41, 5.74) is 1.93. The van der Waals surface area contributed by atoms with Crippen molar-refractivity contribution >= 4 is 32.1 Å². The van der Waals surface area contributed by atoms with Crippen LogP contribution in [0.1, 0.15) is 5.56 Å². The molecule has 0 radical (unpaired) electrons. The summed E-state index contributed by atoms with van der Waals surface area (Å²) in [6.07, 6.45) is 1.77. The molecule has 4 nitrogen and oxygen atoms in total. The van der Waals surface area contributed by atoms with Crippen molar-refractivity contribution in [1.82, 2.24) is 9.71 Å². The number of aromatic nitrogens is 1. The quantitative estimate of drug-likeness (QED) is 0.557. The van der Waals surface area contributed by atoms with Crippen molar-refractivity contribution in [1.29, 1.82) is 0 Å². The highest BCUT2D eigenvalue weighted by Gasteiger charge is 2.14. The molecule has 0 fully saturated rings. The van der Waals surface area contributed by atoms with Gasteiger partial charge in [0.15, 0.2) is 0 Å². The molecule has 1 N–H and O–H groups in total. The summed E-state index contributed by atoms with van der Waals surface area (Å²) in [5, 5.41) is 4.81. The number of rotatable bonds is 5. The number of nitrogens with zero attached hydrogens (tertiary/aromatic N) is 1. The average Bonchev–Trinajstić information content (AvgIpc) is 3.21. The maximum atomic E-state index is 12.6. The minimum absolute atomic E-state index is 0.243. The molecule has 0 aliphatic heterocycles. The van der Waals surface area contributed by atoms with Gasteiger partial charge in [-0.1, -0.05) is 54.6 Å². The second-order valence-electron chi connectivity index (χ2n) is 5.87. The summed E-state index contributed by atoms with van der Waals surface area (Å²) < 4.78 is 27.8. The second-order valence-corrected chi connectivity index (χ2v) is 8.53. The van der Waals surface area contributed by atoms with Crippen LogP contribution in [0.15, 0.2) is 83.2 Å². The lowest BCUT2D eigenvalue weighted by Gasteiger charge is -2.08. The van der Waals surface area contributed by atoms with Crippen molar-refractivity contribution in [2.75, 3.05) is 0 Å². The van der Waals surface area contributed by atoms with Gasteiger partial charge in [-0.2, -0.15) is 0 Å². The molecule has 4 aromatic rings. The smallest absolute Gasteiger partial charge is 0.240 e. The first-order chi connectivity index (χ1) is 12.6. The fourth-order valence-corrected chi connectivity index (χ4v) is 4.42. The van der Waals surface area contributed by atoms with Crippen molar-refractivity contribution < 1.29 is 8.42 Å². The van der Waals surface area contributed by atoms with Gasteiger partial charge in [0, 0.05) is 23.7 Å². The van der Waals surface area contributed by atoms with E-state index in [1.165, 1.54) is 0 Å². The lowest BCUT2D eigenvalue weighted by atomic mass is 10.1. The minimum Gasteiger partial charge on any atom is -0.245 e. The van der Waals surface area contributed by atoms with E-state index in [0.29, 0.717) is 0 Å². The molecular formula is C20H16N2O2S2. The molecular weight excluding hydrogens is 364 g/mol.